The monoisotopic (exact) mass is 360 g/mol. The number of rotatable bonds is 6. The number of aromatic hydroxyl groups is 4. The third-order valence-electron chi connectivity index (χ3n) is 2.95. The van der Waals surface area contributed by atoms with Crippen LogP contribution >= 0.6 is 0 Å². The summed E-state index contributed by atoms with van der Waals surface area (Å²) < 4.78 is 9.85. The molecule has 0 heterocycles. The Morgan fingerprint density at radius 1 is 0.654 bits per heavy atom. The van der Waals surface area contributed by atoms with Gasteiger partial charge in [-0.05, 0) is 0 Å². The number of carbonyl (C=O) groups excluding carboxylic acids is 2. The second-order valence-electron chi connectivity index (χ2n) is 5.20. The lowest BCUT2D eigenvalue weighted by Gasteiger charge is -2.04. The number of benzene rings is 2. The zero-order chi connectivity index (χ0) is 19.1. The van der Waals surface area contributed by atoms with Gasteiger partial charge in [0.25, 0.3) is 0 Å². The summed E-state index contributed by atoms with van der Waals surface area (Å²) in [6.07, 6.45) is 2.51. The predicted octanol–water partition coefficient (Wildman–Crippen LogP) is 2.36. The molecule has 0 aliphatic rings. The highest BCUT2D eigenvalue weighted by Gasteiger charge is 2.07. The van der Waals surface area contributed by atoms with E-state index in [-0.39, 0.29) is 47.3 Å². The van der Waals surface area contributed by atoms with Crippen LogP contribution < -0.4 is 9.47 Å². The van der Waals surface area contributed by atoms with Crippen LogP contribution in [0.15, 0.2) is 48.6 Å². The Morgan fingerprint density at radius 2 is 0.962 bits per heavy atom. The fourth-order valence-corrected chi connectivity index (χ4v) is 1.96. The van der Waals surface area contributed by atoms with Crippen LogP contribution in [0.3, 0.4) is 0 Å². The van der Waals surface area contributed by atoms with Gasteiger partial charge in [0, 0.05) is 36.4 Å². The summed E-state index contributed by atoms with van der Waals surface area (Å²) in [5.41, 5.74) is 0. The van der Waals surface area contributed by atoms with Gasteiger partial charge in [-0.3, -0.25) is 9.59 Å². The van der Waals surface area contributed by atoms with Crippen LogP contribution in [0, 0.1) is 0 Å². The molecule has 4 N–H and O–H groups in total. The van der Waals surface area contributed by atoms with Crippen molar-refractivity contribution < 1.29 is 39.5 Å². The molecule has 0 saturated heterocycles. The van der Waals surface area contributed by atoms with Gasteiger partial charge in [-0.2, -0.15) is 0 Å². The first kappa shape index (κ1) is 18.7. The molecule has 0 atom stereocenters. The lowest BCUT2D eigenvalue weighted by Crippen LogP contribution is -2.07. The highest BCUT2D eigenvalue weighted by atomic mass is 16.5. The van der Waals surface area contributed by atoms with Gasteiger partial charge in [-0.25, -0.2) is 0 Å². The van der Waals surface area contributed by atoms with E-state index in [2.05, 4.69) is 0 Å². The van der Waals surface area contributed by atoms with Crippen LogP contribution in [-0.2, 0) is 9.59 Å². The maximum absolute atomic E-state index is 11.6. The van der Waals surface area contributed by atoms with Crippen molar-refractivity contribution >= 4 is 11.9 Å². The standard InChI is InChI=1S/C18H16O8/c19-11-5-12(20)8-15(7-11)25-17(23)3-1-2-4-18(24)26-16-9-13(21)6-14(22)10-16/h1-2,5-10,19-22H,3-4H2. The number of hydrogen-bond donors (Lipinski definition) is 4. The quantitative estimate of drug-likeness (QED) is 0.350. The molecule has 0 spiro atoms. The summed E-state index contributed by atoms with van der Waals surface area (Å²) in [4.78, 5) is 23.3. The van der Waals surface area contributed by atoms with E-state index in [9.17, 15) is 30.0 Å². The first-order valence-corrected chi connectivity index (χ1v) is 7.44. The smallest absolute Gasteiger partial charge is 0.315 e. The van der Waals surface area contributed by atoms with Gasteiger partial charge in [-0.1, -0.05) is 12.2 Å². The van der Waals surface area contributed by atoms with Crippen molar-refractivity contribution in [3.05, 3.63) is 48.6 Å². The topological polar surface area (TPSA) is 134 Å². The molecule has 8 heteroatoms. The Bertz CT molecular complexity index is 731. The highest BCUT2D eigenvalue weighted by molar-refractivity contribution is 5.76. The summed E-state index contributed by atoms with van der Waals surface area (Å²) in [5, 5.41) is 37.2. The molecule has 0 fully saturated rings. The lowest BCUT2D eigenvalue weighted by atomic mass is 10.3. The van der Waals surface area contributed by atoms with Gasteiger partial charge < -0.3 is 29.9 Å². The third-order valence-corrected chi connectivity index (χ3v) is 2.95. The number of phenolic OH excluding ortho intramolecular Hbond substituents is 4. The van der Waals surface area contributed by atoms with E-state index >= 15 is 0 Å². The van der Waals surface area contributed by atoms with Crippen LogP contribution in [0.5, 0.6) is 34.5 Å². The zero-order valence-corrected chi connectivity index (χ0v) is 13.5. The molecule has 0 bridgehead atoms. The number of ether oxygens (including phenoxy) is 2. The van der Waals surface area contributed by atoms with Gasteiger partial charge >= 0.3 is 11.9 Å². The molecule has 0 aliphatic carbocycles. The molecule has 2 aromatic rings. The molecular formula is C18H16O8. The van der Waals surface area contributed by atoms with Gasteiger partial charge in [0.1, 0.15) is 34.5 Å². The largest absolute Gasteiger partial charge is 0.508 e. The van der Waals surface area contributed by atoms with E-state index in [1.165, 1.54) is 36.4 Å². The molecular weight excluding hydrogens is 344 g/mol. The van der Waals surface area contributed by atoms with E-state index < -0.39 is 11.9 Å². The SMILES string of the molecule is O=C(CC=CCC(=O)Oc1cc(O)cc(O)c1)Oc1cc(O)cc(O)c1. The maximum Gasteiger partial charge on any atom is 0.315 e. The summed E-state index contributed by atoms with van der Waals surface area (Å²) >= 11 is 0. The fourth-order valence-electron chi connectivity index (χ4n) is 1.96. The Balaban J connectivity index is 1.79. The van der Waals surface area contributed by atoms with Crippen LogP contribution in [0.2, 0.25) is 0 Å². The van der Waals surface area contributed by atoms with Gasteiger partial charge in [0.15, 0.2) is 0 Å². The predicted molar refractivity (Wildman–Crippen MR) is 89.2 cm³/mol. The fraction of sp³-hybridized carbons (Fsp3) is 0.111. The molecule has 0 saturated carbocycles. The van der Waals surface area contributed by atoms with Crippen LogP contribution in [0.4, 0.5) is 0 Å². The Morgan fingerprint density at radius 3 is 1.27 bits per heavy atom. The van der Waals surface area contributed by atoms with Crippen LogP contribution in [-0.4, -0.2) is 32.4 Å². The lowest BCUT2D eigenvalue weighted by molar-refractivity contribution is -0.134. The highest BCUT2D eigenvalue weighted by Crippen LogP contribution is 2.26. The van der Waals surface area contributed by atoms with Crippen molar-refractivity contribution in [3.8, 4) is 34.5 Å². The second-order valence-corrected chi connectivity index (χ2v) is 5.20. The van der Waals surface area contributed by atoms with Gasteiger partial charge in [0.05, 0.1) is 12.8 Å². The van der Waals surface area contributed by atoms with Crippen molar-refractivity contribution in [1.29, 1.82) is 0 Å². The molecule has 8 nitrogen and oxygen atoms in total. The normalized spacial score (nSPS) is 10.6. The molecule has 2 rings (SSSR count). The number of esters is 2. The molecule has 0 amide bonds. The summed E-state index contributed by atoms with van der Waals surface area (Å²) in [6.45, 7) is 0. The number of phenols is 4. The van der Waals surface area contributed by atoms with E-state index in [0.717, 1.165) is 12.1 Å². The van der Waals surface area contributed by atoms with Crippen molar-refractivity contribution in [2.24, 2.45) is 0 Å². The Hall–Kier alpha value is -3.68. The van der Waals surface area contributed by atoms with Crippen molar-refractivity contribution in [2.75, 3.05) is 0 Å². The summed E-state index contributed by atoms with van der Waals surface area (Å²) in [6, 6.07) is 6.86. The Kier molecular flexibility index (Phi) is 6.05. The summed E-state index contributed by atoms with van der Waals surface area (Å²) in [5.74, 6) is -2.32. The molecule has 26 heavy (non-hydrogen) atoms. The summed E-state index contributed by atoms with van der Waals surface area (Å²) in [7, 11) is 0. The van der Waals surface area contributed by atoms with Crippen molar-refractivity contribution in [3.63, 3.8) is 0 Å². The zero-order valence-electron chi connectivity index (χ0n) is 13.5. The van der Waals surface area contributed by atoms with Gasteiger partial charge in [0.2, 0.25) is 0 Å². The molecule has 0 aliphatic heterocycles. The molecule has 2 aromatic carbocycles. The maximum atomic E-state index is 11.6. The number of carbonyl (C=O) groups is 2. The molecule has 136 valence electrons. The van der Waals surface area contributed by atoms with Gasteiger partial charge in [-0.15, -0.1) is 0 Å². The average Bonchev–Trinajstić information content (AvgIpc) is 2.49. The van der Waals surface area contributed by atoms with E-state index in [4.69, 9.17) is 9.47 Å². The third kappa shape index (κ3) is 6.08. The minimum atomic E-state index is -0.655. The molecule has 0 aromatic heterocycles. The number of hydrogen-bond acceptors (Lipinski definition) is 8. The van der Waals surface area contributed by atoms with Crippen molar-refractivity contribution in [2.45, 2.75) is 12.8 Å². The van der Waals surface area contributed by atoms with Crippen LogP contribution in [0.25, 0.3) is 0 Å². The first-order chi connectivity index (χ1) is 12.3. The minimum absolute atomic E-state index is 0.0102. The molecule has 0 unspecified atom stereocenters. The van der Waals surface area contributed by atoms with Crippen LogP contribution in [0.1, 0.15) is 12.8 Å². The van der Waals surface area contributed by atoms with E-state index in [1.807, 2.05) is 0 Å². The first-order valence-electron chi connectivity index (χ1n) is 7.44. The van der Waals surface area contributed by atoms with E-state index in [0.29, 0.717) is 0 Å². The second kappa shape index (κ2) is 8.43. The van der Waals surface area contributed by atoms with Crippen molar-refractivity contribution in [1.82, 2.24) is 0 Å². The molecule has 0 radical (unpaired) electrons. The average molecular weight is 360 g/mol. The minimum Gasteiger partial charge on any atom is -0.508 e. The van der Waals surface area contributed by atoms with E-state index in [1.54, 1.807) is 0 Å². The Labute approximate surface area is 148 Å².